The number of nitrogens with one attached hydrogen (secondary N) is 1. The molecule has 1 aliphatic rings. The summed E-state index contributed by atoms with van der Waals surface area (Å²) in [7, 11) is 1.36. The number of benzene rings is 3. The van der Waals surface area contributed by atoms with Crippen LogP contribution in [0.2, 0.25) is 18.1 Å². The highest BCUT2D eigenvalue weighted by Crippen LogP contribution is 2.42. The molecular weight excluding hydrogens is 568 g/mol. The second kappa shape index (κ2) is 15.5. The number of rotatable bonds is 15. The molecule has 0 aromatic heterocycles. The maximum absolute atomic E-state index is 7.20. The average Bonchev–Trinajstić information content (AvgIpc) is 3.04. The summed E-state index contributed by atoms with van der Waals surface area (Å²) in [5, 5.41) is 3.53. The fourth-order valence-corrected chi connectivity index (χ4v) is 6.27. The van der Waals surface area contributed by atoms with Crippen molar-refractivity contribution >= 4 is 8.32 Å². The van der Waals surface area contributed by atoms with Crippen molar-refractivity contribution in [2.75, 3.05) is 66.8 Å². The second-order valence-corrected chi connectivity index (χ2v) is 17.8. The van der Waals surface area contributed by atoms with Crippen LogP contribution >= 0.6 is 0 Å². The van der Waals surface area contributed by atoms with Crippen molar-refractivity contribution in [1.29, 1.82) is 0 Å². The summed E-state index contributed by atoms with van der Waals surface area (Å²) in [6.45, 7) is 17.8. The van der Waals surface area contributed by atoms with Crippen molar-refractivity contribution < 1.29 is 23.4 Å². The molecule has 3 aromatic carbocycles. The van der Waals surface area contributed by atoms with E-state index in [0.717, 1.165) is 60.9 Å². The smallest absolute Gasteiger partial charge is 0.192 e. The number of methoxy groups -OCH3 is 2. The molecule has 7 nitrogen and oxygen atoms in total. The van der Waals surface area contributed by atoms with E-state index in [1.807, 2.05) is 30.3 Å². The molecule has 8 heteroatoms. The molecule has 240 valence electrons. The molecule has 1 atom stereocenters. The normalized spacial score (nSPS) is 15.6. The zero-order valence-corrected chi connectivity index (χ0v) is 28.7. The standard InChI is InChI=1S/C36H52N2O5Si/c1-35(2,3)44(6,7)43-28-34(41-26-25-38-23-21-37-22-24-38)27-42-36(29-11-9-8-10-12-29,30-13-17-32(39-4)18-14-30)31-15-19-33(40-5)20-16-31/h8-20,34,37H,21-28H2,1-7H3/t34-/m0/s1. The fourth-order valence-electron chi connectivity index (χ4n) is 5.24. The van der Waals surface area contributed by atoms with Crippen LogP contribution in [0.25, 0.3) is 0 Å². The van der Waals surface area contributed by atoms with Gasteiger partial charge in [0, 0.05) is 32.7 Å². The van der Waals surface area contributed by atoms with Gasteiger partial charge < -0.3 is 28.7 Å². The molecule has 1 heterocycles. The van der Waals surface area contributed by atoms with Gasteiger partial charge in [-0.3, -0.25) is 4.90 Å². The Labute approximate surface area is 265 Å². The molecule has 0 unspecified atom stereocenters. The quantitative estimate of drug-likeness (QED) is 0.158. The molecule has 4 rings (SSSR count). The molecule has 0 amide bonds. The van der Waals surface area contributed by atoms with E-state index in [1.165, 1.54) is 0 Å². The average molecular weight is 621 g/mol. The Morgan fingerprint density at radius 3 is 1.77 bits per heavy atom. The number of hydrogen-bond donors (Lipinski definition) is 1. The van der Waals surface area contributed by atoms with Gasteiger partial charge in [0.25, 0.3) is 0 Å². The zero-order chi connectivity index (χ0) is 31.6. The molecule has 44 heavy (non-hydrogen) atoms. The summed E-state index contributed by atoms with van der Waals surface area (Å²) < 4.78 is 31.5. The van der Waals surface area contributed by atoms with E-state index in [1.54, 1.807) is 14.2 Å². The first kappa shape index (κ1) is 34.2. The minimum absolute atomic E-state index is 0.0964. The third kappa shape index (κ3) is 8.50. The lowest BCUT2D eigenvalue weighted by atomic mass is 9.80. The lowest BCUT2D eigenvalue weighted by molar-refractivity contribution is -0.0818. The minimum atomic E-state index is -2.01. The van der Waals surface area contributed by atoms with Crippen molar-refractivity contribution in [2.24, 2.45) is 0 Å². The van der Waals surface area contributed by atoms with Crippen molar-refractivity contribution in [1.82, 2.24) is 10.2 Å². The summed E-state index contributed by atoms with van der Waals surface area (Å²) in [6, 6.07) is 26.7. The molecule has 1 aliphatic heterocycles. The Morgan fingerprint density at radius 1 is 0.750 bits per heavy atom. The van der Waals surface area contributed by atoms with Gasteiger partial charge in [0.15, 0.2) is 8.32 Å². The molecular formula is C36H52N2O5Si. The molecule has 3 aromatic rings. The highest BCUT2D eigenvalue weighted by atomic mass is 28.4. The first-order valence-electron chi connectivity index (χ1n) is 15.8. The summed E-state index contributed by atoms with van der Waals surface area (Å²) in [6.07, 6.45) is -0.244. The monoisotopic (exact) mass is 620 g/mol. The summed E-state index contributed by atoms with van der Waals surface area (Å²) in [5.41, 5.74) is 2.12. The third-order valence-corrected chi connectivity index (χ3v) is 13.6. The Morgan fingerprint density at radius 2 is 1.27 bits per heavy atom. The maximum atomic E-state index is 7.20. The molecule has 0 bridgehead atoms. The van der Waals surface area contributed by atoms with E-state index in [-0.39, 0.29) is 11.1 Å². The van der Waals surface area contributed by atoms with E-state index >= 15 is 0 Å². The van der Waals surface area contributed by atoms with Gasteiger partial charge in [-0.05, 0) is 59.1 Å². The van der Waals surface area contributed by atoms with E-state index in [2.05, 4.69) is 92.6 Å². The van der Waals surface area contributed by atoms with Crippen molar-refractivity contribution in [3.8, 4) is 11.5 Å². The van der Waals surface area contributed by atoms with Crippen LogP contribution in [0.15, 0.2) is 78.9 Å². The van der Waals surface area contributed by atoms with Crippen LogP contribution in [0.5, 0.6) is 11.5 Å². The van der Waals surface area contributed by atoms with Crippen LogP contribution in [-0.2, 0) is 19.5 Å². The molecule has 1 fully saturated rings. The maximum Gasteiger partial charge on any atom is 0.192 e. The van der Waals surface area contributed by atoms with E-state index in [0.29, 0.717) is 19.8 Å². The summed E-state index contributed by atoms with van der Waals surface area (Å²) in [5.74, 6) is 1.59. The first-order valence-corrected chi connectivity index (χ1v) is 18.7. The molecule has 0 saturated carbocycles. The Kier molecular flexibility index (Phi) is 12.0. The van der Waals surface area contributed by atoms with Crippen LogP contribution < -0.4 is 14.8 Å². The molecule has 0 spiro atoms. The van der Waals surface area contributed by atoms with Crippen LogP contribution in [0.4, 0.5) is 0 Å². The lowest BCUT2D eigenvalue weighted by Gasteiger charge is -2.39. The largest absolute Gasteiger partial charge is 0.497 e. The Hall–Kier alpha value is -2.72. The van der Waals surface area contributed by atoms with Crippen molar-refractivity contribution in [3.63, 3.8) is 0 Å². The van der Waals surface area contributed by atoms with Gasteiger partial charge in [-0.1, -0.05) is 75.4 Å². The highest BCUT2D eigenvalue weighted by molar-refractivity contribution is 6.74. The second-order valence-electron chi connectivity index (χ2n) is 13.0. The van der Waals surface area contributed by atoms with Gasteiger partial charge >= 0.3 is 0 Å². The van der Waals surface area contributed by atoms with Crippen LogP contribution in [0.1, 0.15) is 37.5 Å². The van der Waals surface area contributed by atoms with Gasteiger partial charge in [-0.15, -0.1) is 0 Å². The van der Waals surface area contributed by atoms with Crippen LogP contribution in [-0.4, -0.2) is 86.1 Å². The molecule has 1 saturated heterocycles. The van der Waals surface area contributed by atoms with E-state index < -0.39 is 13.9 Å². The van der Waals surface area contributed by atoms with E-state index in [4.69, 9.17) is 23.4 Å². The summed E-state index contributed by atoms with van der Waals surface area (Å²) >= 11 is 0. The molecule has 0 aliphatic carbocycles. The Bertz CT molecular complexity index is 1210. The van der Waals surface area contributed by atoms with Gasteiger partial charge in [-0.25, -0.2) is 0 Å². The first-order chi connectivity index (χ1) is 21.1. The number of hydrogen-bond acceptors (Lipinski definition) is 7. The van der Waals surface area contributed by atoms with Gasteiger partial charge in [0.05, 0.1) is 34.0 Å². The predicted octanol–water partition coefficient (Wildman–Crippen LogP) is 6.32. The van der Waals surface area contributed by atoms with Crippen molar-refractivity contribution in [3.05, 3.63) is 95.6 Å². The van der Waals surface area contributed by atoms with Gasteiger partial charge in [-0.2, -0.15) is 0 Å². The number of piperazine rings is 1. The van der Waals surface area contributed by atoms with Crippen LogP contribution in [0, 0.1) is 0 Å². The topological polar surface area (TPSA) is 61.4 Å². The number of nitrogens with zero attached hydrogens (tertiary/aromatic N) is 1. The van der Waals surface area contributed by atoms with Gasteiger partial charge in [0.1, 0.15) is 23.2 Å². The zero-order valence-electron chi connectivity index (χ0n) is 27.7. The Balaban J connectivity index is 1.69. The van der Waals surface area contributed by atoms with Gasteiger partial charge in [0.2, 0.25) is 0 Å². The SMILES string of the molecule is COc1ccc(C(OC[C@@H](CO[Si](C)(C)C(C)(C)C)OCCN2CCNCC2)(c2ccccc2)c2ccc(OC)cc2)cc1. The van der Waals surface area contributed by atoms with Crippen molar-refractivity contribution in [2.45, 2.75) is 50.6 Å². The molecule has 0 radical (unpaired) electrons. The predicted molar refractivity (Wildman–Crippen MR) is 180 cm³/mol. The highest BCUT2D eigenvalue weighted by Gasteiger charge is 2.40. The van der Waals surface area contributed by atoms with Crippen LogP contribution in [0.3, 0.4) is 0 Å². The third-order valence-electron chi connectivity index (χ3n) is 9.07. The minimum Gasteiger partial charge on any atom is -0.497 e. The van der Waals surface area contributed by atoms with E-state index in [9.17, 15) is 0 Å². The summed E-state index contributed by atoms with van der Waals surface area (Å²) in [4.78, 5) is 2.45. The number of ether oxygens (including phenoxy) is 4. The fraction of sp³-hybridized carbons (Fsp3) is 0.500. The molecule has 1 N–H and O–H groups in total. The lowest BCUT2D eigenvalue weighted by Crippen LogP contribution is -2.46.